The van der Waals surface area contributed by atoms with Crippen LogP contribution in [0.25, 0.3) is 0 Å². The fourth-order valence-corrected chi connectivity index (χ4v) is 5.00. The van der Waals surface area contributed by atoms with Crippen LogP contribution >= 0.6 is 0 Å². The second kappa shape index (κ2) is 9.24. The molecule has 6 heteroatoms. The quantitative estimate of drug-likeness (QED) is 0.403. The van der Waals surface area contributed by atoms with E-state index in [-0.39, 0.29) is 35.0 Å². The number of rotatable bonds is 7. The van der Waals surface area contributed by atoms with Crippen LogP contribution in [0, 0.1) is 6.92 Å². The molecule has 0 bridgehead atoms. The molecule has 1 aromatic rings. The summed E-state index contributed by atoms with van der Waals surface area (Å²) in [5, 5.41) is 10.5. The van der Waals surface area contributed by atoms with Crippen LogP contribution in [-0.2, 0) is 14.8 Å². The molecule has 0 amide bonds. The van der Waals surface area contributed by atoms with Crippen molar-refractivity contribution in [3.8, 4) is 0 Å². The largest absolute Gasteiger partial charge is 0.511 e. The molecule has 28 heavy (non-hydrogen) atoms. The molecule has 0 radical (unpaired) electrons. The summed E-state index contributed by atoms with van der Waals surface area (Å²) in [6.07, 6.45) is 4.56. The van der Waals surface area contributed by atoms with Crippen LogP contribution in [0.4, 0.5) is 0 Å². The van der Waals surface area contributed by atoms with Crippen molar-refractivity contribution in [2.45, 2.75) is 57.8 Å². The summed E-state index contributed by atoms with van der Waals surface area (Å²) in [7, 11) is -3.88. The monoisotopic (exact) mass is 403 g/mol. The van der Waals surface area contributed by atoms with Crippen molar-refractivity contribution >= 4 is 15.8 Å². The number of hydrogen-bond acceptors (Lipinski definition) is 4. The number of hydrogen-bond donors (Lipinski definition) is 1. The van der Waals surface area contributed by atoms with Crippen molar-refractivity contribution < 1.29 is 18.3 Å². The summed E-state index contributed by atoms with van der Waals surface area (Å²) < 4.78 is 28.3. The van der Waals surface area contributed by atoms with E-state index in [2.05, 4.69) is 6.58 Å². The molecular weight excluding hydrogens is 374 g/mol. The first kappa shape index (κ1) is 22.0. The Morgan fingerprint density at radius 3 is 2.43 bits per heavy atom. The van der Waals surface area contributed by atoms with Gasteiger partial charge in [0.1, 0.15) is 5.76 Å². The molecule has 0 aromatic heterocycles. The van der Waals surface area contributed by atoms with Gasteiger partial charge in [-0.2, -0.15) is 0 Å². The summed E-state index contributed by atoms with van der Waals surface area (Å²) in [6, 6.07) is 6.67. The molecule has 1 aliphatic rings. The fourth-order valence-electron chi connectivity index (χ4n) is 3.44. The van der Waals surface area contributed by atoms with Crippen molar-refractivity contribution in [1.82, 2.24) is 4.31 Å². The van der Waals surface area contributed by atoms with E-state index in [9.17, 15) is 18.3 Å². The Labute approximate surface area is 168 Å². The highest BCUT2D eigenvalue weighted by molar-refractivity contribution is 7.89. The number of nitrogens with zero attached hydrogens (tertiary/aromatic N) is 1. The van der Waals surface area contributed by atoms with Crippen LogP contribution in [0.15, 0.2) is 64.4 Å². The molecule has 0 atom stereocenters. The second-order valence-corrected chi connectivity index (χ2v) is 8.89. The Morgan fingerprint density at radius 1 is 1.25 bits per heavy atom. The molecule has 0 spiro atoms. The van der Waals surface area contributed by atoms with Crippen LogP contribution in [0.1, 0.15) is 51.5 Å². The van der Waals surface area contributed by atoms with Crippen molar-refractivity contribution in [2.24, 2.45) is 0 Å². The van der Waals surface area contributed by atoms with Crippen LogP contribution in [0.5, 0.6) is 0 Å². The molecule has 0 unspecified atom stereocenters. The van der Waals surface area contributed by atoms with Gasteiger partial charge in [0.05, 0.1) is 16.2 Å². The molecule has 1 aliphatic heterocycles. The Hall–Kier alpha value is -2.34. The minimum absolute atomic E-state index is 0.0879. The predicted molar refractivity (Wildman–Crippen MR) is 111 cm³/mol. The van der Waals surface area contributed by atoms with Gasteiger partial charge in [-0.25, -0.2) is 8.42 Å². The molecule has 152 valence electrons. The van der Waals surface area contributed by atoms with Gasteiger partial charge in [-0.05, 0) is 57.2 Å². The van der Waals surface area contributed by atoms with Gasteiger partial charge in [-0.3, -0.25) is 9.10 Å². The minimum atomic E-state index is -3.88. The van der Waals surface area contributed by atoms with Gasteiger partial charge in [0.15, 0.2) is 5.78 Å². The summed E-state index contributed by atoms with van der Waals surface area (Å²) >= 11 is 0. The zero-order valence-corrected chi connectivity index (χ0v) is 17.7. The van der Waals surface area contributed by atoms with E-state index in [0.717, 1.165) is 17.6 Å². The number of ketones is 1. The highest BCUT2D eigenvalue weighted by Gasteiger charge is 2.34. The smallest absolute Gasteiger partial charge is 0.264 e. The average molecular weight is 404 g/mol. The van der Waals surface area contributed by atoms with E-state index in [1.807, 2.05) is 6.92 Å². The van der Waals surface area contributed by atoms with Crippen LogP contribution in [-0.4, -0.2) is 30.2 Å². The standard InChI is InChI=1S/C22H29NO4S/c1-5-9-18-10-7-8-15-23(22(18)21(17(4)24)20(25)6-2)28(26,27)19-13-11-16(3)12-14-19/h5,11-14,25H,1,6-10,15H2,2-4H3. The number of aryl methyl sites for hydroxylation is 1. The van der Waals surface area contributed by atoms with Crippen molar-refractivity contribution in [2.75, 3.05) is 6.54 Å². The molecule has 5 nitrogen and oxygen atoms in total. The molecule has 1 N–H and O–H groups in total. The predicted octanol–water partition coefficient (Wildman–Crippen LogP) is 4.81. The van der Waals surface area contributed by atoms with Gasteiger partial charge in [-0.15, -0.1) is 6.58 Å². The SMILES string of the molecule is C=CCC1=C(C(C(C)=O)=C(O)CC)N(S(=O)(=O)c2ccc(C)cc2)CCCC1. The summed E-state index contributed by atoms with van der Waals surface area (Å²) in [6.45, 7) is 9.04. The molecule has 0 aliphatic carbocycles. The molecule has 2 rings (SSSR count). The first-order valence-electron chi connectivity index (χ1n) is 9.59. The second-order valence-electron chi connectivity index (χ2n) is 7.02. The number of sulfonamides is 1. The van der Waals surface area contributed by atoms with Gasteiger partial charge in [0, 0.05) is 13.0 Å². The number of carbonyl (C=O) groups is 1. The Bertz CT molecular complexity index is 908. The van der Waals surface area contributed by atoms with Gasteiger partial charge in [-0.1, -0.05) is 30.7 Å². The minimum Gasteiger partial charge on any atom is -0.511 e. The zero-order valence-electron chi connectivity index (χ0n) is 16.9. The Morgan fingerprint density at radius 2 is 1.89 bits per heavy atom. The molecule has 1 heterocycles. The number of aliphatic hydroxyl groups excluding tert-OH is 1. The maximum absolute atomic E-state index is 13.5. The topological polar surface area (TPSA) is 74.7 Å². The third-order valence-corrected chi connectivity index (χ3v) is 6.70. The molecular formula is C22H29NO4S. The maximum Gasteiger partial charge on any atom is 0.264 e. The molecule has 1 aromatic carbocycles. The highest BCUT2D eigenvalue weighted by Crippen LogP contribution is 2.35. The lowest BCUT2D eigenvalue weighted by molar-refractivity contribution is -0.113. The van der Waals surface area contributed by atoms with E-state index in [4.69, 9.17) is 0 Å². The number of allylic oxidation sites excluding steroid dienone is 4. The molecule has 0 saturated heterocycles. The lowest BCUT2D eigenvalue weighted by Crippen LogP contribution is -2.34. The summed E-state index contributed by atoms with van der Waals surface area (Å²) in [5.74, 6) is -0.433. The van der Waals surface area contributed by atoms with Crippen molar-refractivity contribution in [1.29, 1.82) is 0 Å². The summed E-state index contributed by atoms with van der Waals surface area (Å²) in [4.78, 5) is 12.6. The first-order chi connectivity index (χ1) is 13.2. The molecule has 0 fully saturated rings. The van der Waals surface area contributed by atoms with Gasteiger partial charge >= 0.3 is 0 Å². The van der Waals surface area contributed by atoms with Crippen molar-refractivity contribution in [3.05, 3.63) is 65.1 Å². The number of Topliss-reactive ketones (excluding diaryl/α,β-unsaturated/α-hetero) is 1. The van der Waals surface area contributed by atoms with Crippen LogP contribution in [0.2, 0.25) is 0 Å². The van der Waals surface area contributed by atoms with E-state index in [1.54, 1.807) is 37.3 Å². The van der Waals surface area contributed by atoms with Gasteiger partial charge < -0.3 is 5.11 Å². The summed E-state index contributed by atoms with van der Waals surface area (Å²) in [5.41, 5.74) is 2.20. The maximum atomic E-state index is 13.5. The number of carbonyl (C=O) groups excluding carboxylic acids is 1. The van der Waals surface area contributed by atoms with Gasteiger partial charge in [0.25, 0.3) is 10.0 Å². The Kier molecular flexibility index (Phi) is 7.24. The average Bonchev–Trinajstić information content (AvgIpc) is 2.85. The third-order valence-electron chi connectivity index (χ3n) is 4.89. The van der Waals surface area contributed by atoms with E-state index in [1.165, 1.54) is 11.2 Å². The van der Waals surface area contributed by atoms with Gasteiger partial charge in [0.2, 0.25) is 0 Å². The lowest BCUT2D eigenvalue weighted by atomic mass is 9.97. The van der Waals surface area contributed by atoms with Crippen LogP contribution in [0.3, 0.4) is 0 Å². The number of aliphatic hydroxyl groups is 1. The highest BCUT2D eigenvalue weighted by atomic mass is 32.2. The van der Waals surface area contributed by atoms with E-state index in [0.29, 0.717) is 25.0 Å². The Balaban J connectivity index is 2.77. The van der Waals surface area contributed by atoms with E-state index >= 15 is 0 Å². The fraction of sp³-hybridized carbons (Fsp3) is 0.409. The van der Waals surface area contributed by atoms with Crippen molar-refractivity contribution in [3.63, 3.8) is 0 Å². The first-order valence-corrected chi connectivity index (χ1v) is 11.0. The lowest BCUT2D eigenvalue weighted by Gasteiger charge is -2.29. The third kappa shape index (κ3) is 4.55. The normalized spacial score (nSPS) is 16.5. The molecule has 0 saturated carbocycles. The van der Waals surface area contributed by atoms with Crippen LogP contribution < -0.4 is 0 Å². The number of benzene rings is 1. The zero-order chi connectivity index (χ0) is 20.9. The van der Waals surface area contributed by atoms with E-state index < -0.39 is 10.0 Å².